The van der Waals surface area contributed by atoms with E-state index in [0.717, 1.165) is 178 Å². The summed E-state index contributed by atoms with van der Waals surface area (Å²) >= 11 is 0. The molecule has 10 nitrogen and oxygen atoms in total. The molecule has 14 rings (SSSR count). The maximum atomic E-state index is 11.9. The molecule has 12 heteroatoms. The van der Waals surface area contributed by atoms with Crippen LogP contribution < -0.4 is 0 Å². The van der Waals surface area contributed by atoms with Gasteiger partial charge in [0, 0.05) is 211 Å². The predicted octanol–water partition coefficient (Wildman–Crippen LogP) is 24.5. The van der Waals surface area contributed by atoms with Gasteiger partial charge in [-0.25, -0.2) is 0 Å². The van der Waals surface area contributed by atoms with Crippen molar-refractivity contribution in [2.75, 3.05) is 0 Å². The van der Waals surface area contributed by atoms with Crippen molar-refractivity contribution in [2.24, 2.45) is 28.2 Å². The largest absolute Gasteiger partial charge is 2.00 e. The molecule has 0 unspecified atom stereocenters. The van der Waals surface area contributed by atoms with E-state index in [4.69, 9.17) is 9.97 Å². The minimum atomic E-state index is -0.240. The van der Waals surface area contributed by atoms with Crippen LogP contribution >= 0.6 is 0 Å². The van der Waals surface area contributed by atoms with Crippen LogP contribution in [0.1, 0.15) is 128 Å². The fraction of sp³-hybridized carbons (Fsp3) is 0.255. The van der Waals surface area contributed by atoms with Crippen molar-refractivity contribution in [3.8, 4) is 113 Å². The van der Waals surface area contributed by atoms with Gasteiger partial charge < -0.3 is 68.4 Å². The fourth-order valence-electron chi connectivity index (χ4n) is 15.6. The van der Waals surface area contributed by atoms with Crippen LogP contribution in [0.4, 0.5) is 0 Å². The fourth-order valence-corrected chi connectivity index (χ4v) is 15.6. The van der Waals surface area contributed by atoms with Crippen molar-refractivity contribution in [1.29, 1.82) is 0 Å². The third-order valence-corrected chi connectivity index (χ3v) is 20.3. The molecule has 14 aromatic rings. The number of phenols is 4. The Labute approximate surface area is 668 Å². The van der Waals surface area contributed by atoms with Gasteiger partial charge in [-0.3, -0.25) is 9.97 Å². The first-order valence-corrected chi connectivity index (χ1v) is 34.7. The number of benzene rings is 8. The molecule has 0 saturated heterocycles. The van der Waals surface area contributed by atoms with Gasteiger partial charge in [0.2, 0.25) is 0 Å². The maximum absolute atomic E-state index is 11.9. The minimum absolute atomic E-state index is 0. The van der Waals surface area contributed by atoms with Gasteiger partial charge in [0.1, 0.15) is 23.0 Å². The van der Waals surface area contributed by atoms with Gasteiger partial charge >= 0.3 is 26.2 Å². The standard InChI is InChI=1S/2C45H47N3O2.4CH3.Hf.Zr/c2*1-26-19-32(42(49)34(21-26)44(3,4)5)40-38(30-15-11-13-17-36(30)47(40)9)28-23-29(25-46-24-28)39-31-16-12-14-18-37(31)48(10)41(39)33-20-27(2)22-35(43(33)50)45(6,7)8;;;;;;/h2*11-25,49-50H,1-10H3;4*1H3;;/q;;4*-1;;+2. The predicted molar refractivity (Wildman–Crippen MR) is 444 cm³/mol. The van der Waals surface area contributed by atoms with Gasteiger partial charge in [-0.15, -0.1) is 0 Å². The number of rotatable bonds is 8. The van der Waals surface area contributed by atoms with Gasteiger partial charge in [0.05, 0.1) is 22.8 Å². The molecular formula is C94H106HfN6O4Zr-2. The van der Waals surface area contributed by atoms with Crippen LogP contribution in [0, 0.1) is 57.4 Å². The second-order valence-corrected chi connectivity index (χ2v) is 32.0. The average Bonchev–Trinajstić information content (AvgIpc) is 1.58. The molecular weight excluding hydrogens is 1550 g/mol. The first kappa shape index (κ1) is 84.4. The molecule has 0 aliphatic rings. The Kier molecular flexibility index (Phi) is 24.8. The Balaban J connectivity index is 0.000000280. The Bertz CT molecular complexity index is 4950. The zero-order chi connectivity index (χ0) is 71.7. The number of aryl methyl sites for hydroxylation is 8. The number of nitrogens with zero attached hydrogens (tertiary/aromatic N) is 6. The molecule has 6 heterocycles. The van der Waals surface area contributed by atoms with Crippen molar-refractivity contribution >= 4 is 43.6 Å². The number of hydrogen-bond donors (Lipinski definition) is 4. The molecule has 0 saturated carbocycles. The van der Waals surface area contributed by atoms with Gasteiger partial charge in [-0.2, -0.15) is 0 Å². The first-order chi connectivity index (χ1) is 47.1. The molecule has 0 amide bonds. The molecule has 106 heavy (non-hydrogen) atoms. The normalized spacial score (nSPS) is 11.7. The number of phenolic OH excluding ortho intramolecular Hbond substituents is 4. The van der Waals surface area contributed by atoms with Crippen LogP contribution in [-0.4, -0.2) is 48.7 Å². The molecule has 0 aliphatic carbocycles. The first-order valence-electron chi connectivity index (χ1n) is 34.7. The quantitative estimate of drug-likeness (QED) is 0.0887. The van der Waals surface area contributed by atoms with Gasteiger partial charge in [0.15, 0.2) is 0 Å². The summed E-state index contributed by atoms with van der Waals surface area (Å²) in [6.07, 6.45) is 7.72. The zero-order valence-electron chi connectivity index (χ0n) is 66.8. The van der Waals surface area contributed by atoms with Crippen LogP contribution in [0.3, 0.4) is 0 Å². The molecule has 546 valence electrons. The molecule has 4 N–H and O–H groups in total. The molecule has 0 bridgehead atoms. The maximum Gasteiger partial charge on any atom is 2.00 e. The monoisotopic (exact) mass is 1650 g/mol. The second-order valence-electron chi connectivity index (χ2n) is 32.0. The van der Waals surface area contributed by atoms with Crippen LogP contribution in [0.5, 0.6) is 23.0 Å². The summed E-state index contributed by atoms with van der Waals surface area (Å²) in [4.78, 5) is 9.78. The summed E-state index contributed by atoms with van der Waals surface area (Å²) in [6.45, 7) is 34.0. The third-order valence-electron chi connectivity index (χ3n) is 20.3. The van der Waals surface area contributed by atoms with Gasteiger partial charge in [0.25, 0.3) is 0 Å². The summed E-state index contributed by atoms with van der Waals surface area (Å²) in [5, 5.41) is 52.0. The van der Waals surface area contributed by atoms with Gasteiger partial charge in [-0.1, -0.05) is 180 Å². The van der Waals surface area contributed by atoms with Crippen LogP contribution in [-0.2, 0) is 102 Å². The summed E-state index contributed by atoms with van der Waals surface area (Å²) in [5.41, 5.74) is 26.3. The molecule has 0 radical (unpaired) electrons. The van der Waals surface area contributed by atoms with E-state index in [1.807, 2.05) is 24.8 Å². The van der Waals surface area contributed by atoms with E-state index in [1.165, 1.54) is 0 Å². The Morgan fingerprint density at radius 3 is 0.642 bits per heavy atom. The summed E-state index contributed by atoms with van der Waals surface area (Å²) in [5.74, 6) is 1.22. The van der Waals surface area contributed by atoms with Crippen LogP contribution in [0.15, 0.2) is 183 Å². The van der Waals surface area contributed by atoms with Crippen molar-refractivity contribution in [3.05, 3.63) is 257 Å². The van der Waals surface area contributed by atoms with Crippen LogP contribution in [0.25, 0.3) is 133 Å². The van der Waals surface area contributed by atoms with Crippen molar-refractivity contribution in [3.63, 3.8) is 0 Å². The molecule has 0 spiro atoms. The van der Waals surface area contributed by atoms with E-state index < -0.39 is 0 Å². The molecule has 8 aromatic carbocycles. The summed E-state index contributed by atoms with van der Waals surface area (Å²) in [7, 11) is 8.31. The van der Waals surface area contributed by atoms with Crippen LogP contribution in [0.2, 0.25) is 0 Å². The van der Waals surface area contributed by atoms with E-state index >= 15 is 0 Å². The number of aromatic nitrogens is 6. The molecule has 0 fully saturated rings. The number of pyridine rings is 2. The minimum Gasteiger partial charge on any atom is -0.507 e. The van der Waals surface area contributed by atoms with Gasteiger partial charge in [-0.05, 0) is 132 Å². The topological polar surface area (TPSA) is 126 Å². The van der Waals surface area contributed by atoms with E-state index in [-0.39, 0.29) is 103 Å². The number of aromatic hydroxyl groups is 4. The Hall–Kier alpha value is -8.83. The Morgan fingerprint density at radius 1 is 0.283 bits per heavy atom. The van der Waals surface area contributed by atoms with E-state index in [9.17, 15) is 20.4 Å². The molecule has 0 aliphatic heterocycles. The Morgan fingerprint density at radius 2 is 0.462 bits per heavy atom. The van der Waals surface area contributed by atoms with E-state index in [2.05, 4.69) is 315 Å². The smallest absolute Gasteiger partial charge is 0.507 e. The SMILES string of the molecule is Cc1cc(-c2c(-c3cncc(-c4c(-c5cc(C)cc(C(C)(C)C)c5O)n(C)c5ccccc45)c3)c3ccccc3n2C)c(O)c(C(C)(C)C)c1.Cc1cc(-c2c(-c3cncc(-c4c(-c5cc(C)cc(C(C)(C)C)c5O)n(C)c5ccccc45)c3)c3ccccc3n2C)c(O)c(C(C)(C)C)c1.[CH3-].[CH3-].[CH3-].[CH3-].[Hf].[Zr+2]. The number of hydrogen-bond acceptors (Lipinski definition) is 6. The van der Waals surface area contributed by atoms with Crippen molar-refractivity contribution in [1.82, 2.24) is 28.2 Å². The van der Waals surface area contributed by atoms with Crippen molar-refractivity contribution < 1.29 is 72.5 Å². The van der Waals surface area contributed by atoms with Crippen molar-refractivity contribution in [2.45, 2.75) is 132 Å². The summed E-state index contributed by atoms with van der Waals surface area (Å²) in [6, 6.07) is 54.8. The van der Waals surface area contributed by atoms with E-state index in [1.54, 1.807) is 0 Å². The molecule has 6 aromatic heterocycles. The average molecular weight is 1650 g/mol. The van der Waals surface area contributed by atoms with E-state index in [0.29, 0.717) is 23.0 Å². The second kappa shape index (κ2) is 31.2. The summed E-state index contributed by atoms with van der Waals surface area (Å²) < 4.78 is 8.78. The zero-order valence-corrected chi connectivity index (χ0v) is 72.8. The number of para-hydroxylation sites is 4. The number of fused-ring (bicyclic) bond motifs is 4. The molecule has 0 atom stereocenters. The third kappa shape index (κ3) is 14.8.